The first-order valence-electron chi connectivity index (χ1n) is 11.8. The van der Waals surface area contributed by atoms with Crippen molar-refractivity contribution in [3.05, 3.63) is 94.5 Å². The number of carbonyl (C=O) groups is 1. The van der Waals surface area contributed by atoms with E-state index in [0.717, 1.165) is 36.4 Å². The first-order chi connectivity index (χ1) is 17.0. The summed E-state index contributed by atoms with van der Waals surface area (Å²) in [6.45, 7) is 6.25. The number of anilines is 1. The molecule has 4 rings (SSSR count). The molecule has 3 aromatic carbocycles. The average molecular weight is 494 g/mol. The van der Waals surface area contributed by atoms with Crippen molar-refractivity contribution < 1.29 is 14.3 Å². The summed E-state index contributed by atoms with van der Waals surface area (Å²) in [6, 6.07) is 23.5. The number of carbonyl (C=O) groups excluding carboxylic acids is 1. The molecule has 1 aliphatic rings. The molecule has 1 heterocycles. The minimum absolute atomic E-state index is 0.0926. The van der Waals surface area contributed by atoms with Crippen molar-refractivity contribution in [1.82, 2.24) is 9.80 Å². The van der Waals surface area contributed by atoms with Crippen LogP contribution in [0.4, 0.5) is 10.5 Å². The number of halogens is 1. The second kappa shape index (κ2) is 12.1. The van der Waals surface area contributed by atoms with Crippen molar-refractivity contribution in [2.75, 3.05) is 45.2 Å². The second-order valence-electron chi connectivity index (χ2n) is 8.79. The second-order valence-corrected chi connectivity index (χ2v) is 9.23. The summed E-state index contributed by atoms with van der Waals surface area (Å²) in [5.41, 5.74) is 4.20. The first-order valence-corrected chi connectivity index (χ1v) is 12.2. The minimum atomic E-state index is -0.0946. The van der Waals surface area contributed by atoms with E-state index in [2.05, 4.69) is 41.4 Å². The van der Waals surface area contributed by atoms with Crippen LogP contribution in [0.5, 0.6) is 5.75 Å². The summed E-state index contributed by atoms with van der Waals surface area (Å²) < 4.78 is 11.6. The number of piperazine rings is 1. The van der Waals surface area contributed by atoms with Crippen LogP contribution in [0.2, 0.25) is 5.02 Å². The van der Waals surface area contributed by atoms with Gasteiger partial charge in [0.1, 0.15) is 5.75 Å². The van der Waals surface area contributed by atoms with Gasteiger partial charge in [0.25, 0.3) is 0 Å². The molecular formula is C28H32ClN3O3. The Labute approximate surface area is 212 Å². The highest BCUT2D eigenvalue weighted by molar-refractivity contribution is 6.30. The predicted molar refractivity (Wildman–Crippen MR) is 140 cm³/mol. The molecular weight excluding hydrogens is 462 g/mol. The molecule has 0 unspecified atom stereocenters. The molecule has 1 atom stereocenters. The Morgan fingerprint density at radius 1 is 1.00 bits per heavy atom. The molecule has 0 spiro atoms. The molecule has 6 nitrogen and oxygen atoms in total. The summed E-state index contributed by atoms with van der Waals surface area (Å²) in [7, 11) is 1.61. The van der Waals surface area contributed by atoms with E-state index < -0.39 is 0 Å². The molecule has 2 amide bonds. The van der Waals surface area contributed by atoms with E-state index in [0.29, 0.717) is 30.5 Å². The Bertz CT molecular complexity index is 1110. The van der Waals surface area contributed by atoms with Gasteiger partial charge in [0, 0.05) is 49.5 Å². The van der Waals surface area contributed by atoms with Crippen LogP contribution in [0.1, 0.15) is 22.8 Å². The first kappa shape index (κ1) is 25.0. The van der Waals surface area contributed by atoms with E-state index in [-0.39, 0.29) is 12.1 Å². The van der Waals surface area contributed by atoms with Crippen LogP contribution in [0.25, 0.3) is 0 Å². The zero-order valence-corrected chi connectivity index (χ0v) is 21.0. The Hall–Kier alpha value is -3.06. The zero-order valence-electron chi connectivity index (χ0n) is 20.2. The van der Waals surface area contributed by atoms with Gasteiger partial charge in [0.05, 0.1) is 19.8 Å². The van der Waals surface area contributed by atoms with Gasteiger partial charge in [-0.15, -0.1) is 0 Å². The largest absolute Gasteiger partial charge is 0.497 e. The number of urea groups is 1. The molecule has 184 valence electrons. The number of methoxy groups -OCH3 is 1. The molecule has 1 saturated heterocycles. The molecule has 1 N–H and O–H groups in total. The van der Waals surface area contributed by atoms with E-state index >= 15 is 0 Å². The number of nitrogens with zero attached hydrogens (tertiary/aromatic N) is 2. The number of amides is 2. The van der Waals surface area contributed by atoms with Crippen LogP contribution in [0.15, 0.2) is 72.8 Å². The quantitative estimate of drug-likeness (QED) is 0.433. The highest BCUT2D eigenvalue weighted by Gasteiger charge is 2.24. The Balaban J connectivity index is 1.34. The maximum atomic E-state index is 12.8. The third-order valence-electron chi connectivity index (χ3n) is 6.18. The number of hydrogen-bond donors (Lipinski definition) is 1. The molecule has 7 heteroatoms. The van der Waals surface area contributed by atoms with Gasteiger partial charge in [-0.05, 0) is 42.3 Å². The SMILES string of the molecule is COc1cccc(NC(=O)N2CCN(C[C@@H](OCc3cccc(C)c3)c3ccc(Cl)cc3)CC2)c1. The monoisotopic (exact) mass is 493 g/mol. The summed E-state index contributed by atoms with van der Waals surface area (Å²) in [6.07, 6.45) is -0.0926. The van der Waals surface area contributed by atoms with Crippen LogP contribution >= 0.6 is 11.6 Å². The predicted octanol–water partition coefficient (Wildman–Crippen LogP) is 5.76. The average Bonchev–Trinajstić information content (AvgIpc) is 2.87. The zero-order chi connectivity index (χ0) is 24.6. The van der Waals surface area contributed by atoms with Crippen LogP contribution in [-0.2, 0) is 11.3 Å². The third-order valence-corrected chi connectivity index (χ3v) is 6.43. The Kier molecular flexibility index (Phi) is 8.64. The lowest BCUT2D eigenvalue weighted by Gasteiger charge is -2.36. The summed E-state index contributed by atoms with van der Waals surface area (Å²) >= 11 is 6.12. The molecule has 0 bridgehead atoms. The Morgan fingerprint density at radius 2 is 1.74 bits per heavy atom. The van der Waals surface area contributed by atoms with E-state index in [1.54, 1.807) is 7.11 Å². The number of ether oxygens (including phenoxy) is 2. The van der Waals surface area contributed by atoms with E-state index in [1.165, 1.54) is 5.56 Å². The number of aryl methyl sites for hydroxylation is 1. The Morgan fingerprint density at radius 3 is 2.46 bits per heavy atom. The van der Waals surface area contributed by atoms with Crippen LogP contribution < -0.4 is 10.1 Å². The van der Waals surface area contributed by atoms with Gasteiger partial charge >= 0.3 is 6.03 Å². The summed E-state index contributed by atoms with van der Waals surface area (Å²) in [5.74, 6) is 0.714. The van der Waals surface area contributed by atoms with Crippen molar-refractivity contribution >= 4 is 23.3 Å². The summed E-state index contributed by atoms with van der Waals surface area (Å²) in [5, 5.41) is 3.68. The van der Waals surface area contributed by atoms with E-state index in [1.807, 2.05) is 53.4 Å². The molecule has 1 fully saturated rings. The van der Waals surface area contributed by atoms with Crippen molar-refractivity contribution in [3.63, 3.8) is 0 Å². The van der Waals surface area contributed by atoms with Crippen LogP contribution in [-0.4, -0.2) is 55.7 Å². The smallest absolute Gasteiger partial charge is 0.321 e. The standard InChI is InChI=1S/C28H32ClN3O3/c1-21-5-3-6-22(17-21)20-35-27(23-9-11-24(29)12-10-23)19-31-13-15-32(16-14-31)28(33)30-25-7-4-8-26(18-25)34-2/h3-12,17-18,27H,13-16,19-20H2,1-2H3,(H,30,33)/t27-/m1/s1. The molecule has 0 saturated carbocycles. The molecule has 0 aliphatic carbocycles. The maximum Gasteiger partial charge on any atom is 0.321 e. The highest BCUT2D eigenvalue weighted by Crippen LogP contribution is 2.24. The number of hydrogen-bond acceptors (Lipinski definition) is 4. The lowest BCUT2D eigenvalue weighted by molar-refractivity contribution is 0.00592. The van der Waals surface area contributed by atoms with E-state index in [9.17, 15) is 4.79 Å². The molecule has 0 radical (unpaired) electrons. The lowest BCUT2D eigenvalue weighted by Crippen LogP contribution is -2.50. The molecule has 3 aromatic rings. The van der Waals surface area contributed by atoms with Crippen LogP contribution in [0.3, 0.4) is 0 Å². The van der Waals surface area contributed by atoms with E-state index in [4.69, 9.17) is 21.1 Å². The normalized spacial score (nSPS) is 15.0. The summed E-state index contributed by atoms with van der Waals surface area (Å²) in [4.78, 5) is 17.0. The third kappa shape index (κ3) is 7.21. The molecule has 1 aliphatic heterocycles. The fraction of sp³-hybridized carbons (Fsp3) is 0.321. The molecule has 35 heavy (non-hydrogen) atoms. The van der Waals surface area contributed by atoms with Crippen molar-refractivity contribution in [1.29, 1.82) is 0 Å². The fourth-order valence-corrected chi connectivity index (χ4v) is 4.33. The van der Waals surface area contributed by atoms with Crippen LogP contribution in [0, 0.1) is 6.92 Å². The fourth-order valence-electron chi connectivity index (χ4n) is 4.20. The van der Waals surface area contributed by atoms with Gasteiger partial charge in [0.2, 0.25) is 0 Å². The number of nitrogens with one attached hydrogen (secondary N) is 1. The van der Waals surface area contributed by atoms with Gasteiger partial charge in [0.15, 0.2) is 0 Å². The van der Waals surface area contributed by atoms with Gasteiger partial charge in [-0.3, -0.25) is 4.90 Å². The maximum absolute atomic E-state index is 12.8. The highest BCUT2D eigenvalue weighted by atomic mass is 35.5. The number of rotatable bonds is 8. The molecule has 0 aromatic heterocycles. The topological polar surface area (TPSA) is 54.0 Å². The number of benzene rings is 3. The van der Waals surface area contributed by atoms with Gasteiger partial charge in [-0.25, -0.2) is 4.79 Å². The van der Waals surface area contributed by atoms with Crippen molar-refractivity contribution in [2.24, 2.45) is 0 Å². The minimum Gasteiger partial charge on any atom is -0.497 e. The lowest BCUT2D eigenvalue weighted by atomic mass is 10.1. The van der Waals surface area contributed by atoms with Gasteiger partial charge < -0.3 is 19.7 Å². The van der Waals surface area contributed by atoms with Gasteiger partial charge in [-0.1, -0.05) is 59.6 Å². The van der Waals surface area contributed by atoms with Crippen molar-refractivity contribution in [2.45, 2.75) is 19.6 Å². The van der Waals surface area contributed by atoms with Crippen molar-refractivity contribution in [3.8, 4) is 5.75 Å². The van der Waals surface area contributed by atoms with Gasteiger partial charge in [-0.2, -0.15) is 0 Å².